The van der Waals surface area contributed by atoms with Crippen LogP contribution in [-0.2, 0) is 53.4 Å². The van der Waals surface area contributed by atoms with Crippen LogP contribution >= 0.6 is 58.0 Å². The lowest BCUT2D eigenvalue weighted by atomic mass is 10.2. The van der Waals surface area contributed by atoms with E-state index in [-0.39, 0.29) is 6.07 Å². The molecule has 0 spiro atoms. The van der Waals surface area contributed by atoms with Crippen LogP contribution < -0.4 is 0 Å². The first kappa shape index (κ1) is 28.3. The van der Waals surface area contributed by atoms with E-state index < -0.39 is 79.0 Å². The molecule has 0 radical (unpaired) electrons. The van der Waals surface area contributed by atoms with Gasteiger partial charge in [0.25, 0.3) is 0 Å². The summed E-state index contributed by atoms with van der Waals surface area (Å²) >= 11 is 28.2. The number of benzene rings is 1. The van der Waals surface area contributed by atoms with Gasteiger partial charge in [-0.3, -0.25) is 0 Å². The number of hydrogen-bond donors (Lipinski definition) is 4. The Morgan fingerprint density at radius 3 is 1.20 bits per heavy atom. The van der Waals surface area contributed by atoms with Crippen LogP contribution in [0.25, 0.3) is 0 Å². The van der Waals surface area contributed by atoms with E-state index in [9.17, 15) is 51.9 Å². The molecule has 0 saturated heterocycles. The minimum Gasteiger partial charge on any atom is -0.222 e. The molecule has 30 heavy (non-hydrogen) atoms. The van der Waals surface area contributed by atoms with Crippen molar-refractivity contribution in [3.63, 3.8) is 0 Å². The molecule has 14 nitrogen and oxygen atoms in total. The molecule has 0 amide bonds. The van der Waals surface area contributed by atoms with Gasteiger partial charge in [-0.25, -0.2) is 18.2 Å². The van der Waals surface area contributed by atoms with Gasteiger partial charge in [-0.05, 0) is 6.07 Å². The SMILES string of the molecule is O=S(=O)(O)[O+](C(Cl)(c1cc(Cl)c(Cl)c(Cl)c1Cl)[O+](S(=O)(=O)O)S(=O)(=O)O)S(=O)(=O)O. The molecule has 4 N–H and O–H groups in total. The van der Waals surface area contributed by atoms with Gasteiger partial charge in [0.1, 0.15) is 0 Å². The quantitative estimate of drug-likeness (QED) is 0.0860. The van der Waals surface area contributed by atoms with Crippen LogP contribution in [0.4, 0.5) is 0 Å². The Bertz CT molecular complexity index is 1170. The van der Waals surface area contributed by atoms with Gasteiger partial charge < -0.3 is 0 Å². The molecule has 1 aromatic carbocycles. The average Bonchev–Trinajstić information content (AvgIpc) is 2.42. The molecule has 0 heterocycles. The van der Waals surface area contributed by atoms with Gasteiger partial charge in [-0.1, -0.05) is 52.9 Å². The number of alkyl halides is 1. The average molecular weight is 619 g/mol. The normalized spacial score (nSPS) is 14.5. The zero-order valence-corrected chi connectivity index (χ0v) is 20.0. The molecule has 0 aliphatic heterocycles. The van der Waals surface area contributed by atoms with Gasteiger partial charge in [0.2, 0.25) is 0 Å². The summed E-state index contributed by atoms with van der Waals surface area (Å²) in [5.41, 5.74) is -1.62. The topological polar surface area (TPSA) is 223 Å². The highest BCUT2D eigenvalue weighted by Crippen LogP contribution is 2.54. The van der Waals surface area contributed by atoms with E-state index in [1.807, 2.05) is 0 Å². The van der Waals surface area contributed by atoms with E-state index >= 15 is 0 Å². The van der Waals surface area contributed by atoms with Crippen molar-refractivity contribution in [2.24, 2.45) is 0 Å². The Hall–Kier alpha value is 0.230. The zero-order chi connectivity index (χ0) is 24.2. The molecule has 1 aromatic rings. The highest BCUT2D eigenvalue weighted by molar-refractivity contribution is 7.96. The summed E-state index contributed by atoms with van der Waals surface area (Å²) in [6.45, 7) is 0. The molecular formula is C7H5Cl5O14S4+2. The van der Waals surface area contributed by atoms with Crippen molar-refractivity contribution < 1.29 is 58.4 Å². The van der Waals surface area contributed by atoms with Crippen LogP contribution in [-0.4, -0.2) is 51.9 Å². The lowest BCUT2D eigenvalue weighted by molar-refractivity contribution is -0.161. The molecule has 0 aromatic heterocycles. The summed E-state index contributed by atoms with van der Waals surface area (Å²) in [6.07, 6.45) is 0. The third-order valence-corrected chi connectivity index (χ3v) is 9.78. The fourth-order valence-corrected chi connectivity index (χ4v) is 7.49. The van der Waals surface area contributed by atoms with Crippen molar-refractivity contribution in [3.05, 3.63) is 31.7 Å². The fourth-order valence-electron chi connectivity index (χ4n) is 1.78. The largest absolute Gasteiger partial charge is 0.554 e. The molecule has 0 aliphatic carbocycles. The van der Waals surface area contributed by atoms with Crippen LogP contribution in [0.2, 0.25) is 20.1 Å². The molecule has 0 aliphatic rings. The first-order valence-corrected chi connectivity index (χ1v) is 13.3. The van der Waals surface area contributed by atoms with Crippen molar-refractivity contribution in [2.45, 2.75) is 5.25 Å². The minimum absolute atomic E-state index is 0.206. The maximum absolute atomic E-state index is 11.6. The predicted octanol–water partition coefficient (Wildman–Crippen LogP) is 1.97. The van der Waals surface area contributed by atoms with Gasteiger partial charge >= 0.3 is 46.8 Å². The van der Waals surface area contributed by atoms with Crippen LogP contribution in [0, 0.1) is 0 Å². The molecule has 1 rings (SSSR count). The summed E-state index contributed by atoms with van der Waals surface area (Å²) in [7, 11) is -26.2. The van der Waals surface area contributed by atoms with Gasteiger partial charge in [-0.15, -0.1) is 33.7 Å². The Morgan fingerprint density at radius 1 is 0.633 bits per heavy atom. The van der Waals surface area contributed by atoms with E-state index in [0.717, 1.165) is 0 Å². The molecule has 0 saturated carbocycles. The second-order valence-electron chi connectivity index (χ2n) is 4.56. The Morgan fingerprint density at radius 2 is 0.933 bits per heavy atom. The monoisotopic (exact) mass is 616 g/mol. The lowest BCUT2D eigenvalue weighted by Crippen LogP contribution is -2.52. The van der Waals surface area contributed by atoms with E-state index in [1.165, 1.54) is 0 Å². The van der Waals surface area contributed by atoms with Crippen LogP contribution in [0.15, 0.2) is 6.07 Å². The second-order valence-corrected chi connectivity index (χ2v) is 11.8. The third-order valence-electron chi connectivity index (χ3n) is 2.62. The Balaban J connectivity index is 4.54. The van der Waals surface area contributed by atoms with E-state index in [1.54, 1.807) is 0 Å². The lowest BCUT2D eigenvalue weighted by Gasteiger charge is -2.27. The third kappa shape index (κ3) is 5.41. The van der Waals surface area contributed by atoms with Gasteiger partial charge in [0, 0.05) is 0 Å². The molecular weight excluding hydrogens is 614 g/mol. The molecule has 0 atom stereocenters. The maximum Gasteiger partial charge on any atom is 0.554 e. The Labute approximate surface area is 194 Å². The Kier molecular flexibility index (Phi) is 8.04. The first-order chi connectivity index (χ1) is 13.0. The van der Waals surface area contributed by atoms with Crippen LogP contribution in [0.1, 0.15) is 5.56 Å². The number of rotatable bonds is 7. The molecule has 23 heteroatoms. The van der Waals surface area contributed by atoms with E-state index in [2.05, 4.69) is 0 Å². The van der Waals surface area contributed by atoms with Crippen molar-refractivity contribution in [2.75, 3.05) is 0 Å². The zero-order valence-electron chi connectivity index (χ0n) is 13.0. The van der Waals surface area contributed by atoms with Crippen molar-refractivity contribution in [1.82, 2.24) is 0 Å². The van der Waals surface area contributed by atoms with Gasteiger partial charge in [-0.2, -0.15) is 0 Å². The van der Waals surface area contributed by atoms with Gasteiger partial charge in [0.15, 0.2) is 5.56 Å². The number of hydrogen-bond acceptors (Lipinski definition) is 8. The van der Waals surface area contributed by atoms with Crippen molar-refractivity contribution >= 4 is 99.6 Å². The van der Waals surface area contributed by atoms with E-state index in [0.29, 0.717) is 0 Å². The first-order valence-electron chi connectivity index (χ1n) is 5.91. The maximum atomic E-state index is 11.6. The molecule has 0 fully saturated rings. The molecule has 174 valence electrons. The highest BCUT2D eigenvalue weighted by Gasteiger charge is 2.77. The van der Waals surface area contributed by atoms with Crippen molar-refractivity contribution in [3.8, 4) is 0 Å². The molecule has 0 unspecified atom stereocenters. The second kappa shape index (κ2) is 8.54. The highest BCUT2D eigenvalue weighted by atomic mass is 35.5. The van der Waals surface area contributed by atoms with Crippen LogP contribution in [0.5, 0.6) is 0 Å². The fraction of sp³-hybridized carbons (Fsp3) is 0.143. The van der Waals surface area contributed by atoms with Crippen molar-refractivity contribution in [1.29, 1.82) is 0 Å². The summed E-state index contributed by atoms with van der Waals surface area (Å²) in [4.78, 5) is 0. The molecule has 0 bridgehead atoms. The van der Waals surface area contributed by atoms with Crippen LogP contribution in [0.3, 0.4) is 0 Å². The van der Waals surface area contributed by atoms with E-state index in [4.69, 9.17) is 58.0 Å². The summed E-state index contributed by atoms with van der Waals surface area (Å²) in [6, 6.07) is 0.206. The minimum atomic E-state index is -6.56. The van der Waals surface area contributed by atoms with Gasteiger partial charge in [0.05, 0.1) is 31.7 Å². The smallest absolute Gasteiger partial charge is 0.222 e. The predicted molar refractivity (Wildman–Crippen MR) is 102 cm³/mol. The standard InChI is InChI=1S/C7H3Cl5O14S4/c8-3-1-2(4(9)6(11)5(3)10)7(12,25(27(13,14)15)28(16,17)18)26(29(19,20)21)30(22,23)24/h1H,(H2-2,13,14,15,16,17,18,19,20,21,22,23,24)/p+2. The summed E-state index contributed by atoms with van der Waals surface area (Å²) in [5.74, 6) is 0. The number of halogens is 5. The summed E-state index contributed by atoms with van der Waals surface area (Å²) in [5, 5.41) is -8.34. The summed E-state index contributed by atoms with van der Waals surface area (Å²) < 4.78 is 128.